The maximum Gasteiger partial charge on any atom is 0.469 e. The van der Waals surface area contributed by atoms with E-state index >= 15 is 0 Å². The monoisotopic (exact) mass is 771 g/mol. The quantitative estimate of drug-likeness (QED) is 0.0273. The highest BCUT2D eigenvalue weighted by Gasteiger charge is 2.22. The molecular formula is C44H83O8P. The minimum absolute atomic E-state index is 0.109. The zero-order valence-corrected chi connectivity index (χ0v) is 35.3. The lowest BCUT2D eigenvalue weighted by molar-refractivity contribution is -0.161. The molecule has 0 aromatic heterocycles. The van der Waals surface area contributed by atoms with Crippen LogP contribution in [0, 0.1) is 0 Å². The number of ether oxygens (including phenoxy) is 2. The normalized spacial score (nSPS) is 12.6. The minimum atomic E-state index is -4.76. The van der Waals surface area contributed by atoms with Gasteiger partial charge in [0.1, 0.15) is 6.61 Å². The third-order valence-electron chi connectivity index (χ3n) is 9.74. The second-order valence-corrected chi connectivity index (χ2v) is 16.3. The van der Waals surface area contributed by atoms with Crippen molar-refractivity contribution in [1.82, 2.24) is 0 Å². The Morgan fingerprint density at radius 2 is 0.887 bits per heavy atom. The fourth-order valence-electron chi connectivity index (χ4n) is 6.43. The zero-order chi connectivity index (χ0) is 38.9. The van der Waals surface area contributed by atoms with E-state index in [-0.39, 0.29) is 19.4 Å². The Kier molecular flexibility index (Phi) is 39.1. The van der Waals surface area contributed by atoms with Crippen molar-refractivity contribution in [3.05, 3.63) is 24.3 Å². The third-order valence-corrected chi connectivity index (χ3v) is 10.2. The largest absolute Gasteiger partial charge is 0.469 e. The number of phosphoric ester groups is 1. The van der Waals surface area contributed by atoms with E-state index in [0.717, 1.165) is 32.1 Å². The fourth-order valence-corrected chi connectivity index (χ4v) is 6.79. The Labute approximate surface area is 326 Å². The maximum atomic E-state index is 12.3. The Morgan fingerprint density at radius 3 is 1.32 bits per heavy atom. The van der Waals surface area contributed by atoms with Gasteiger partial charge in [0.15, 0.2) is 6.10 Å². The average Bonchev–Trinajstić information content (AvgIpc) is 3.13. The van der Waals surface area contributed by atoms with Crippen LogP contribution in [0.2, 0.25) is 0 Å². The van der Waals surface area contributed by atoms with Gasteiger partial charge in [-0.3, -0.25) is 14.1 Å². The van der Waals surface area contributed by atoms with Gasteiger partial charge in [-0.1, -0.05) is 205 Å². The van der Waals surface area contributed by atoms with Gasteiger partial charge in [-0.25, -0.2) is 4.57 Å². The van der Waals surface area contributed by atoms with E-state index in [1.807, 2.05) is 12.2 Å². The predicted molar refractivity (Wildman–Crippen MR) is 221 cm³/mol. The van der Waals surface area contributed by atoms with Crippen LogP contribution < -0.4 is 0 Å². The summed E-state index contributed by atoms with van der Waals surface area (Å²) in [5, 5.41) is 0. The molecule has 0 rings (SSSR count). The number of carbonyl (C=O) groups is 2. The van der Waals surface area contributed by atoms with Crippen molar-refractivity contribution >= 4 is 19.8 Å². The van der Waals surface area contributed by atoms with Crippen LogP contribution in [0.25, 0.3) is 0 Å². The highest BCUT2D eigenvalue weighted by atomic mass is 31.2. The zero-order valence-electron chi connectivity index (χ0n) is 34.4. The van der Waals surface area contributed by atoms with E-state index < -0.39 is 32.5 Å². The molecule has 8 nitrogen and oxygen atoms in total. The number of hydrogen-bond acceptors (Lipinski definition) is 6. The molecule has 0 bridgehead atoms. The molecule has 0 aliphatic carbocycles. The fraction of sp³-hybridized carbons (Fsp3) is 0.864. The molecule has 53 heavy (non-hydrogen) atoms. The van der Waals surface area contributed by atoms with Crippen LogP contribution in [0.4, 0.5) is 0 Å². The Morgan fingerprint density at radius 1 is 0.491 bits per heavy atom. The number of phosphoric acid groups is 1. The number of esters is 2. The summed E-state index contributed by atoms with van der Waals surface area (Å²) in [7, 11) is -4.76. The molecule has 0 amide bonds. The van der Waals surface area contributed by atoms with Crippen molar-refractivity contribution < 1.29 is 37.9 Å². The lowest BCUT2D eigenvalue weighted by atomic mass is 10.0. The van der Waals surface area contributed by atoms with Gasteiger partial charge in [0, 0.05) is 12.8 Å². The topological polar surface area (TPSA) is 119 Å². The van der Waals surface area contributed by atoms with Crippen LogP contribution in [0.15, 0.2) is 24.3 Å². The molecule has 0 aromatic rings. The number of carbonyl (C=O) groups excluding carboxylic acids is 2. The molecule has 0 aliphatic rings. The summed E-state index contributed by atoms with van der Waals surface area (Å²) < 4.78 is 26.3. The molecular weight excluding hydrogens is 687 g/mol. The molecule has 0 heterocycles. The standard InChI is InChI=1S/C44H83O8P/c1-3-5-7-9-11-13-15-17-18-19-20-21-22-23-24-25-27-28-30-32-34-36-38-43(45)50-40-42(41-51-53(47,48)49)52-44(46)39-37-35-33-31-29-26-16-14-12-10-8-6-4-2/h26,29,33,35,42H,3-25,27-28,30-32,34,36-41H2,1-2H3,(H2,47,48,49)/b29-26+,35-33+. The van der Waals surface area contributed by atoms with Crippen molar-refractivity contribution in [3.63, 3.8) is 0 Å². The second kappa shape index (κ2) is 40.2. The van der Waals surface area contributed by atoms with Crippen molar-refractivity contribution in [2.24, 2.45) is 0 Å². The molecule has 0 aromatic carbocycles. The predicted octanol–water partition coefficient (Wildman–Crippen LogP) is 13.6. The highest BCUT2D eigenvalue weighted by Crippen LogP contribution is 2.36. The van der Waals surface area contributed by atoms with Crippen molar-refractivity contribution in [1.29, 1.82) is 0 Å². The van der Waals surface area contributed by atoms with Crippen LogP contribution in [-0.2, 0) is 28.2 Å². The summed E-state index contributed by atoms with van der Waals surface area (Å²) in [6.07, 6.45) is 46.4. The highest BCUT2D eigenvalue weighted by molar-refractivity contribution is 7.46. The van der Waals surface area contributed by atoms with Gasteiger partial charge in [-0.15, -0.1) is 0 Å². The van der Waals surface area contributed by atoms with E-state index in [0.29, 0.717) is 6.42 Å². The minimum Gasteiger partial charge on any atom is -0.462 e. The first-order valence-corrected chi connectivity index (χ1v) is 23.7. The van der Waals surface area contributed by atoms with E-state index in [4.69, 9.17) is 19.3 Å². The lowest BCUT2D eigenvalue weighted by Gasteiger charge is -2.18. The number of unbranched alkanes of at least 4 members (excludes halogenated alkanes) is 27. The van der Waals surface area contributed by atoms with Crippen molar-refractivity contribution in [2.45, 2.75) is 232 Å². The van der Waals surface area contributed by atoms with Gasteiger partial charge < -0.3 is 19.3 Å². The first kappa shape index (κ1) is 51.5. The van der Waals surface area contributed by atoms with E-state index in [9.17, 15) is 14.2 Å². The van der Waals surface area contributed by atoms with Gasteiger partial charge in [0.25, 0.3) is 0 Å². The summed E-state index contributed by atoms with van der Waals surface area (Å²) in [4.78, 5) is 42.8. The summed E-state index contributed by atoms with van der Waals surface area (Å²) >= 11 is 0. The number of hydrogen-bond donors (Lipinski definition) is 2. The molecule has 312 valence electrons. The SMILES string of the molecule is CCCCCCCC/C=C/C/C=C/CCC(=O)OC(COC(=O)CCCCCCCCCCCCCCCCCCCCCCCC)COP(=O)(O)O. The van der Waals surface area contributed by atoms with Crippen LogP contribution in [-0.4, -0.2) is 41.0 Å². The van der Waals surface area contributed by atoms with E-state index in [2.05, 4.69) is 30.5 Å². The first-order chi connectivity index (χ1) is 25.8. The Hall–Kier alpha value is -1.47. The molecule has 0 radical (unpaired) electrons. The molecule has 0 spiro atoms. The average molecular weight is 771 g/mol. The van der Waals surface area contributed by atoms with Crippen molar-refractivity contribution in [2.75, 3.05) is 13.2 Å². The molecule has 1 unspecified atom stereocenters. The molecule has 0 saturated carbocycles. The third kappa shape index (κ3) is 43.1. The summed E-state index contributed by atoms with van der Waals surface area (Å²) in [6, 6.07) is 0. The summed E-state index contributed by atoms with van der Waals surface area (Å²) in [5.41, 5.74) is 0. The van der Waals surface area contributed by atoms with Gasteiger partial charge in [-0.2, -0.15) is 0 Å². The molecule has 0 saturated heterocycles. The lowest BCUT2D eigenvalue weighted by Crippen LogP contribution is -2.29. The number of allylic oxidation sites excluding steroid dienone is 4. The smallest absolute Gasteiger partial charge is 0.462 e. The van der Waals surface area contributed by atoms with Gasteiger partial charge >= 0.3 is 19.8 Å². The number of rotatable bonds is 41. The van der Waals surface area contributed by atoms with Gasteiger partial charge in [0.05, 0.1) is 6.61 Å². The Bertz CT molecular complexity index is 915. The maximum absolute atomic E-state index is 12.3. The first-order valence-electron chi connectivity index (χ1n) is 22.1. The van der Waals surface area contributed by atoms with Crippen LogP contribution in [0.3, 0.4) is 0 Å². The molecule has 9 heteroatoms. The summed E-state index contributed by atoms with van der Waals surface area (Å²) in [5.74, 6) is -0.953. The van der Waals surface area contributed by atoms with Gasteiger partial charge in [0.2, 0.25) is 0 Å². The van der Waals surface area contributed by atoms with Crippen molar-refractivity contribution in [3.8, 4) is 0 Å². The van der Waals surface area contributed by atoms with Crippen LogP contribution >= 0.6 is 7.82 Å². The molecule has 0 fully saturated rings. The van der Waals surface area contributed by atoms with Crippen LogP contribution in [0.5, 0.6) is 0 Å². The second-order valence-electron chi connectivity index (χ2n) is 15.0. The van der Waals surface area contributed by atoms with Crippen LogP contribution in [0.1, 0.15) is 226 Å². The summed E-state index contributed by atoms with van der Waals surface area (Å²) in [6.45, 7) is 3.65. The molecule has 2 N–H and O–H groups in total. The van der Waals surface area contributed by atoms with E-state index in [1.165, 1.54) is 161 Å². The molecule has 0 aliphatic heterocycles. The van der Waals surface area contributed by atoms with E-state index in [1.54, 1.807) is 0 Å². The molecule has 1 atom stereocenters. The van der Waals surface area contributed by atoms with Gasteiger partial charge in [-0.05, 0) is 32.1 Å². The Balaban J connectivity index is 3.85.